The van der Waals surface area contributed by atoms with Gasteiger partial charge in [0.25, 0.3) is 0 Å². The largest absolute Gasteiger partial charge is 0 e. The van der Waals surface area contributed by atoms with Crippen molar-refractivity contribution in [2.24, 2.45) is 0 Å². The van der Waals surface area contributed by atoms with Gasteiger partial charge in [-0.2, -0.15) is 0 Å². The summed E-state index contributed by atoms with van der Waals surface area (Å²) in [5.74, 6) is 0. The van der Waals surface area contributed by atoms with E-state index >= 15 is 0 Å². The third-order valence-corrected chi connectivity index (χ3v) is 0. The van der Waals surface area contributed by atoms with E-state index in [1.54, 1.807) is 0 Å². The van der Waals surface area contributed by atoms with Crippen LogP contribution in [-0.4, -0.2) is 0 Å². The topological polar surface area (TPSA) is 0 Å². The Balaban J connectivity index is 0. The predicted molar refractivity (Wildman–Crippen MR) is 22.9 cm³/mol. The average Bonchev–Trinajstić information content (AvgIpc) is 0.918. The van der Waals surface area contributed by atoms with Crippen LogP contribution in [0, 0.1) is 0 Å². The van der Waals surface area contributed by atoms with Gasteiger partial charge in [0.1, 0.15) is 0 Å². The van der Waals surface area contributed by atoms with Gasteiger partial charge in [0.05, 0.1) is 0 Å². The maximum atomic E-state index is 3.16. The third-order valence-electron chi connectivity index (χ3n) is 0. The first-order chi connectivity index (χ1) is 1.41. The Morgan fingerprint density at radius 1 is 1.75 bits per heavy atom. The van der Waals surface area contributed by atoms with Gasteiger partial charge in [-0.25, -0.2) is 0 Å². The van der Waals surface area contributed by atoms with Gasteiger partial charge in [0, 0.05) is 21.1 Å². The minimum absolute atomic E-state index is 0. The molecule has 0 aromatic carbocycles. The molecular weight excluding hydrogens is 510 g/mol. The van der Waals surface area contributed by atoms with E-state index in [0.29, 0.717) is 0 Å². The second kappa shape index (κ2) is 9.16. The molecule has 0 rings (SSSR count). The van der Waals surface area contributed by atoms with Gasteiger partial charge in [-0.1, -0.05) is 0 Å². The van der Waals surface area contributed by atoms with E-state index in [1.807, 2.05) is 0 Å². The predicted octanol–water partition coefficient (Wildman–Crippen LogP) is 1.73. The minimum atomic E-state index is 0. The molecule has 0 aliphatic carbocycles. The van der Waals surface area contributed by atoms with Crippen LogP contribution in [0.4, 0.5) is 0 Å². The molecule has 0 N–H and O–H groups in total. The molecule has 0 amide bonds. The van der Waals surface area contributed by atoms with Crippen molar-refractivity contribution in [3.63, 3.8) is 0 Å². The summed E-state index contributed by atoms with van der Waals surface area (Å²) in [5, 5.41) is 0. The van der Waals surface area contributed by atoms with E-state index in [4.69, 9.17) is 0 Å². The summed E-state index contributed by atoms with van der Waals surface area (Å²) in [5.41, 5.74) is 0. The molecule has 4 heteroatoms. The first-order valence-corrected chi connectivity index (χ1v) is 8.03. The zero-order valence-corrected chi connectivity index (χ0v) is 8.87. The number of hydrogen-bond acceptors (Lipinski definition) is 0. The molecule has 0 atom stereocenters. The maximum Gasteiger partial charge on any atom is 0 e. The van der Waals surface area contributed by atoms with Crippen molar-refractivity contribution in [2.45, 2.75) is 0 Å². The second-order valence-corrected chi connectivity index (χ2v) is 8.88. The van der Waals surface area contributed by atoms with E-state index in [1.165, 1.54) is 0 Å². The molecule has 0 saturated carbocycles. The quantitative estimate of drug-likeness (QED) is 0.345. The van der Waals surface area contributed by atoms with Gasteiger partial charge in [0.15, 0.2) is 0 Å². The first-order valence-electron chi connectivity index (χ1n) is 0.228. The molecule has 35 valence electrons. The zero-order valence-electron chi connectivity index (χ0n) is 1.37. The summed E-state index contributed by atoms with van der Waals surface area (Å²) in [6, 6.07) is 0. The van der Waals surface area contributed by atoms with Crippen molar-refractivity contribution in [3.05, 3.63) is 0 Å². The molecule has 0 saturated heterocycles. The standard InChI is InChI=1S/Ag.BrH.HI.Pt/h;2*1H;/q+2;;;/p-2. The van der Waals surface area contributed by atoms with Crippen molar-refractivity contribution < 1.29 is 34.9 Å². The van der Waals surface area contributed by atoms with Crippen LogP contribution >= 0.6 is 32.0 Å². The van der Waals surface area contributed by atoms with Gasteiger partial charge in [-0.3, -0.25) is 0 Å². The van der Waals surface area contributed by atoms with Crippen molar-refractivity contribution in [1.82, 2.24) is 0 Å². The fraction of sp³-hybridized carbons (Fsp3) is 0. The Kier molecular flexibility index (Phi) is 22.5. The van der Waals surface area contributed by atoms with Crippen LogP contribution in [0.3, 0.4) is 0 Å². The van der Waals surface area contributed by atoms with Gasteiger partial charge in [0.2, 0.25) is 0 Å². The Morgan fingerprint density at radius 2 is 1.75 bits per heavy atom. The van der Waals surface area contributed by atoms with Gasteiger partial charge < -0.3 is 0 Å². The number of hydrogen-bond donors (Lipinski definition) is 0. The van der Waals surface area contributed by atoms with E-state index in [0.717, 1.165) is 13.8 Å². The normalized spacial score (nSPS) is 5.50. The Labute approximate surface area is 65.6 Å². The van der Waals surface area contributed by atoms with E-state index in [2.05, 4.69) is 32.0 Å². The first kappa shape index (κ1) is 9.81. The van der Waals surface area contributed by atoms with Crippen molar-refractivity contribution in [2.75, 3.05) is 0 Å². The van der Waals surface area contributed by atoms with Crippen molar-refractivity contribution in [1.29, 1.82) is 0 Å². The molecule has 4 heavy (non-hydrogen) atoms. The van der Waals surface area contributed by atoms with Crippen LogP contribution in [-0.2, 0) is 34.9 Å². The SMILES string of the molecule is [Br][Ag][I].[Pt]. The molecule has 0 heterocycles. The summed E-state index contributed by atoms with van der Waals surface area (Å²) < 4.78 is 0. The zero-order chi connectivity index (χ0) is 2.71. The summed E-state index contributed by atoms with van der Waals surface area (Å²) in [6.45, 7) is 0. The summed E-state index contributed by atoms with van der Waals surface area (Å²) >= 11 is 6.25. The average molecular weight is 510 g/mol. The van der Waals surface area contributed by atoms with Crippen LogP contribution in [0.5, 0.6) is 0 Å². The molecular formula is AgBrIPt. The van der Waals surface area contributed by atoms with Gasteiger partial charge in [-0.05, 0) is 0 Å². The fourth-order valence-corrected chi connectivity index (χ4v) is 0. The Morgan fingerprint density at radius 3 is 1.75 bits per heavy atom. The molecule has 0 fully saturated rings. The third kappa shape index (κ3) is 8.82. The summed E-state index contributed by atoms with van der Waals surface area (Å²) in [6.07, 6.45) is 0. The number of halogens is 2. The van der Waals surface area contributed by atoms with Crippen molar-refractivity contribution >= 4 is 32.0 Å². The Bertz CT molecular complexity index is 8.00. The molecule has 0 bridgehead atoms. The van der Waals surface area contributed by atoms with Crippen LogP contribution in [0.1, 0.15) is 0 Å². The van der Waals surface area contributed by atoms with Crippen molar-refractivity contribution in [3.8, 4) is 0 Å². The van der Waals surface area contributed by atoms with Crippen LogP contribution in [0.25, 0.3) is 0 Å². The Hall–Kier alpha value is 2.64. The summed E-state index contributed by atoms with van der Waals surface area (Å²) in [7, 11) is 0. The molecule has 0 unspecified atom stereocenters. The molecule has 0 aliphatic heterocycles. The molecule has 0 aliphatic rings. The van der Waals surface area contributed by atoms with Crippen LogP contribution in [0.2, 0.25) is 0 Å². The van der Waals surface area contributed by atoms with Gasteiger partial charge >= 0.3 is 45.9 Å². The molecule has 0 radical (unpaired) electrons. The van der Waals surface area contributed by atoms with Crippen LogP contribution in [0.15, 0.2) is 0 Å². The monoisotopic (exact) mass is 508 g/mol. The minimum Gasteiger partial charge on any atom is 0 e. The molecule has 0 aromatic heterocycles. The fourth-order valence-electron chi connectivity index (χ4n) is 0. The second-order valence-electron chi connectivity index (χ2n) is 0.0431. The van der Waals surface area contributed by atoms with E-state index in [9.17, 15) is 0 Å². The van der Waals surface area contributed by atoms with E-state index in [-0.39, 0.29) is 21.1 Å². The molecule has 0 aromatic rings. The molecule has 0 spiro atoms. The molecule has 0 nitrogen and oxygen atoms in total. The number of rotatable bonds is 0. The maximum absolute atomic E-state index is 3.16. The van der Waals surface area contributed by atoms with Crippen LogP contribution < -0.4 is 0 Å². The summed E-state index contributed by atoms with van der Waals surface area (Å²) in [4.78, 5) is 0. The smallest absolute Gasteiger partial charge is 0 e. The van der Waals surface area contributed by atoms with Gasteiger partial charge in [-0.15, -0.1) is 0 Å². The van der Waals surface area contributed by atoms with E-state index < -0.39 is 0 Å².